The second-order valence-electron chi connectivity index (χ2n) is 3.11. The number of pyridine rings is 1. The lowest BCUT2D eigenvalue weighted by Gasteiger charge is -1.91. The molecule has 0 saturated carbocycles. The minimum Gasteiger partial charge on any atom is -0.263 e. The highest BCUT2D eigenvalue weighted by Crippen LogP contribution is 2.34. The fourth-order valence-corrected chi connectivity index (χ4v) is 2.83. The molecule has 68 valence electrons. The Morgan fingerprint density at radius 3 is 2.93 bits per heavy atom. The van der Waals surface area contributed by atoms with Gasteiger partial charge in [-0.05, 0) is 24.3 Å². The molecule has 0 atom stereocenters. The molecule has 0 radical (unpaired) electrons. The van der Waals surface area contributed by atoms with E-state index in [1.807, 2.05) is 30.6 Å². The van der Waals surface area contributed by atoms with Gasteiger partial charge in [-0.1, -0.05) is 11.6 Å². The second kappa shape index (κ2) is 2.94. The number of aromatic nitrogens is 1. The average molecular weight is 220 g/mol. The van der Waals surface area contributed by atoms with Gasteiger partial charge in [-0.2, -0.15) is 0 Å². The summed E-state index contributed by atoms with van der Waals surface area (Å²) in [6, 6.07) is 8.02. The predicted molar refractivity (Wildman–Crippen MR) is 62.1 cm³/mol. The monoisotopic (exact) mass is 219 g/mol. The van der Waals surface area contributed by atoms with Crippen LogP contribution in [0.4, 0.5) is 0 Å². The van der Waals surface area contributed by atoms with Crippen molar-refractivity contribution in [2.24, 2.45) is 0 Å². The normalized spacial score (nSPS) is 11.2. The van der Waals surface area contributed by atoms with Crippen LogP contribution in [-0.2, 0) is 0 Å². The Bertz CT molecular complexity index is 615. The van der Waals surface area contributed by atoms with Crippen molar-refractivity contribution in [3.8, 4) is 0 Å². The molecule has 0 saturated heterocycles. The lowest BCUT2D eigenvalue weighted by atomic mass is 10.2. The molecule has 3 rings (SSSR count). The van der Waals surface area contributed by atoms with Gasteiger partial charge < -0.3 is 0 Å². The zero-order valence-corrected chi connectivity index (χ0v) is 8.77. The van der Waals surface area contributed by atoms with Gasteiger partial charge in [-0.25, -0.2) is 0 Å². The summed E-state index contributed by atoms with van der Waals surface area (Å²) >= 11 is 7.71. The Balaban J connectivity index is 2.58. The summed E-state index contributed by atoms with van der Waals surface area (Å²) in [4.78, 5) is 4.11. The molecular weight excluding hydrogens is 214 g/mol. The second-order valence-corrected chi connectivity index (χ2v) is 4.63. The van der Waals surface area contributed by atoms with Crippen molar-refractivity contribution >= 4 is 43.1 Å². The molecule has 0 bridgehead atoms. The molecule has 0 aliphatic heterocycles. The van der Waals surface area contributed by atoms with E-state index in [1.54, 1.807) is 11.3 Å². The van der Waals surface area contributed by atoms with Crippen LogP contribution in [0.2, 0.25) is 5.02 Å². The summed E-state index contributed by atoms with van der Waals surface area (Å²) in [5.41, 5.74) is 0. The molecular formula is C11H6ClNS. The molecule has 0 amide bonds. The van der Waals surface area contributed by atoms with E-state index in [1.165, 1.54) is 20.2 Å². The number of halogens is 1. The van der Waals surface area contributed by atoms with E-state index >= 15 is 0 Å². The van der Waals surface area contributed by atoms with Gasteiger partial charge in [-0.3, -0.25) is 4.98 Å². The van der Waals surface area contributed by atoms with Crippen LogP contribution in [0.3, 0.4) is 0 Å². The molecule has 2 heterocycles. The number of benzene rings is 1. The third-order valence-electron chi connectivity index (χ3n) is 2.24. The third kappa shape index (κ3) is 1.11. The van der Waals surface area contributed by atoms with Crippen molar-refractivity contribution in [2.45, 2.75) is 0 Å². The average Bonchev–Trinajstić information content (AvgIpc) is 2.56. The Morgan fingerprint density at radius 2 is 2.00 bits per heavy atom. The minimum absolute atomic E-state index is 0.786. The van der Waals surface area contributed by atoms with Crippen molar-refractivity contribution in [2.75, 3.05) is 0 Å². The van der Waals surface area contributed by atoms with Crippen molar-refractivity contribution < 1.29 is 0 Å². The van der Waals surface area contributed by atoms with E-state index in [0.29, 0.717) is 0 Å². The lowest BCUT2D eigenvalue weighted by molar-refractivity contribution is 1.37. The molecule has 3 heteroatoms. The largest absolute Gasteiger partial charge is 0.263 e. The first-order chi connectivity index (χ1) is 6.84. The van der Waals surface area contributed by atoms with Gasteiger partial charge in [0.15, 0.2) is 0 Å². The van der Waals surface area contributed by atoms with E-state index in [9.17, 15) is 0 Å². The van der Waals surface area contributed by atoms with Crippen molar-refractivity contribution in [1.82, 2.24) is 4.98 Å². The van der Waals surface area contributed by atoms with E-state index in [2.05, 4.69) is 11.1 Å². The van der Waals surface area contributed by atoms with Crippen LogP contribution < -0.4 is 0 Å². The van der Waals surface area contributed by atoms with Crippen molar-refractivity contribution in [3.05, 3.63) is 41.7 Å². The van der Waals surface area contributed by atoms with Gasteiger partial charge in [0.05, 0.1) is 4.70 Å². The maximum absolute atomic E-state index is 5.96. The van der Waals surface area contributed by atoms with Gasteiger partial charge in [0.25, 0.3) is 0 Å². The lowest BCUT2D eigenvalue weighted by Crippen LogP contribution is -1.68. The molecule has 0 spiro atoms. The van der Waals surface area contributed by atoms with Gasteiger partial charge >= 0.3 is 0 Å². The van der Waals surface area contributed by atoms with Crippen LogP contribution in [0.1, 0.15) is 0 Å². The number of thiophene rings is 1. The first kappa shape index (κ1) is 8.21. The van der Waals surface area contributed by atoms with E-state index in [4.69, 9.17) is 11.6 Å². The first-order valence-corrected chi connectivity index (χ1v) is 5.46. The van der Waals surface area contributed by atoms with Crippen LogP contribution in [0.5, 0.6) is 0 Å². The van der Waals surface area contributed by atoms with Crippen molar-refractivity contribution in [3.63, 3.8) is 0 Å². The molecule has 14 heavy (non-hydrogen) atoms. The maximum atomic E-state index is 5.96. The number of hydrogen-bond donors (Lipinski definition) is 0. The predicted octanol–water partition coefficient (Wildman–Crippen LogP) is 4.10. The SMILES string of the molecule is Clc1ccc2sc3cnccc3c2c1. The molecule has 2 aromatic heterocycles. The Kier molecular flexibility index (Phi) is 1.72. The van der Waals surface area contributed by atoms with Crippen LogP contribution in [0, 0.1) is 0 Å². The molecule has 3 aromatic rings. The number of rotatable bonds is 0. The van der Waals surface area contributed by atoms with Gasteiger partial charge in [0.1, 0.15) is 0 Å². The van der Waals surface area contributed by atoms with Crippen LogP contribution in [0.25, 0.3) is 20.2 Å². The van der Waals surface area contributed by atoms with E-state index in [0.717, 1.165) is 5.02 Å². The molecule has 0 aliphatic carbocycles. The quantitative estimate of drug-likeness (QED) is 0.555. The maximum Gasteiger partial charge on any atom is 0.0538 e. The molecule has 0 unspecified atom stereocenters. The molecule has 1 nitrogen and oxygen atoms in total. The van der Waals surface area contributed by atoms with Crippen molar-refractivity contribution in [1.29, 1.82) is 0 Å². The Hall–Kier alpha value is -1.12. The minimum atomic E-state index is 0.786. The Morgan fingerprint density at radius 1 is 1.07 bits per heavy atom. The molecule has 1 aromatic carbocycles. The Labute approximate surface area is 90.0 Å². The molecule has 0 fully saturated rings. The van der Waals surface area contributed by atoms with Gasteiger partial charge in [0, 0.05) is 32.9 Å². The smallest absolute Gasteiger partial charge is 0.0538 e. The highest BCUT2D eigenvalue weighted by molar-refractivity contribution is 7.25. The standard InChI is InChI=1S/C11H6ClNS/c12-7-1-2-10-9(5-7)8-3-4-13-6-11(8)14-10/h1-6H. The fourth-order valence-electron chi connectivity index (χ4n) is 1.60. The summed E-state index contributed by atoms with van der Waals surface area (Å²) in [7, 11) is 0. The molecule has 0 N–H and O–H groups in total. The zero-order chi connectivity index (χ0) is 9.54. The summed E-state index contributed by atoms with van der Waals surface area (Å²) in [6.45, 7) is 0. The van der Waals surface area contributed by atoms with Gasteiger partial charge in [0.2, 0.25) is 0 Å². The summed E-state index contributed by atoms with van der Waals surface area (Å²) in [5, 5.41) is 3.25. The van der Waals surface area contributed by atoms with E-state index < -0.39 is 0 Å². The molecule has 0 aliphatic rings. The highest BCUT2D eigenvalue weighted by atomic mass is 35.5. The first-order valence-electron chi connectivity index (χ1n) is 4.26. The topological polar surface area (TPSA) is 12.9 Å². The van der Waals surface area contributed by atoms with E-state index in [-0.39, 0.29) is 0 Å². The number of fused-ring (bicyclic) bond motifs is 3. The summed E-state index contributed by atoms with van der Waals surface area (Å²) in [5.74, 6) is 0. The van der Waals surface area contributed by atoms with Gasteiger partial charge in [-0.15, -0.1) is 11.3 Å². The summed E-state index contributed by atoms with van der Waals surface area (Å²) in [6.07, 6.45) is 3.71. The zero-order valence-electron chi connectivity index (χ0n) is 7.20. The number of hydrogen-bond acceptors (Lipinski definition) is 2. The number of nitrogens with zero attached hydrogens (tertiary/aromatic N) is 1. The summed E-state index contributed by atoms with van der Waals surface area (Å²) < 4.78 is 2.47. The fraction of sp³-hybridized carbons (Fsp3) is 0. The third-order valence-corrected chi connectivity index (χ3v) is 3.59. The van der Waals surface area contributed by atoms with Crippen LogP contribution in [0.15, 0.2) is 36.7 Å². The van der Waals surface area contributed by atoms with Crippen LogP contribution >= 0.6 is 22.9 Å². The highest BCUT2D eigenvalue weighted by Gasteiger charge is 2.04. The van der Waals surface area contributed by atoms with Crippen LogP contribution in [-0.4, -0.2) is 4.98 Å².